The molecular weight excluding hydrogens is 576 g/mol. The van der Waals surface area contributed by atoms with Crippen molar-refractivity contribution in [2.45, 2.75) is 51.3 Å². The van der Waals surface area contributed by atoms with Gasteiger partial charge in [0.2, 0.25) is 5.91 Å². The summed E-state index contributed by atoms with van der Waals surface area (Å²) in [4.78, 5) is 38.6. The first-order valence-electron chi connectivity index (χ1n) is 14.6. The number of nitrogens with one attached hydrogen (secondary N) is 2. The van der Waals surface area contributed by atoms with Crippen molar-refractivity contribution in [1.82, 2.24) is 25.6 Å². The van der Waals surface area contributed by atoms with E-state index in [2.05, 4.69) is 42.6 Å². The highest BCUT2D eigenvalue weighted by molar-refractivity contribution is 8.14. The number of thioether (sulfide) groups is 1. The summed E-state index contributed by atoms with van der Waals surface area (Å²) in [5, 5.41) is 6.99. The summed E-state index contributed by atoms with van der Waals surface area (Å²) in [5.41, 5.74) is 3.05. The molecule has 43 heavy (non-hydrogen) atoms. The summed E-state index contributed by atoms with van der Waals surface area (Å²) in [7, 11) is 1.39. The van der Waals surface area contributed by atoms with E-state index >= 15 is 0 Å². The number of nitrogens with zero attached hydrogens (tertiary/aromatic N) is 5. The molecule has 2 aromatic rings. The number of pyridine rings is 2. The highest BCUT2D eigenvalue weighted by Crippen LogP contribution is 2.37. The molecule has 2 N–H and O–H groups in total. The van der Waals surface area contributed by atoms with Gasteiger partial charge in [0.15, 0.2) is 10.5 Å². The maximum atomic E-state index is 13.6. The minimum absolute atomic E-state index is 0.106. The van der Waals surface area contributed by atoms with Crippen molar-refractivity contribution in [2.24, 2.45) is 16.9 Å². The number of piperazine rings is 1. The topological polar surface area (TPSA) is 112 Å². The van der Waals surface area contributed by atoms with Gasteiger partial charge in [-0.3, -0.25) is 35.1 Å². The van der Waals surface area contributed by atoms with Crippen LogP contribution in [0.15, 0.2) is 29.6 Å². The molecule has 1 saturated heterocycles. The van der Waals surface area contributed by atoms with Crippen LogP contribution < -0.4 is 20.4 Å². The van der Waals surface area contributed by atoms with E-state index in [0.29, 0.717) is 35.9 Å². The van der Waals surface area contributed by atoms with Crippen LogP contribution in [0.3, 0.4) is 0 Å². The quantitative estimate of drug-likeness (QED) is 0.447. The monoisotopic (exact) mass is 611 g/mol. The molecule has 2 aliphatic heterocycles. The summed E-state index contributed by atoms with van der Waals surface area (Å²) in [5.74, 6) is 7.26. The molecule has 4 heterocycles. The smallest absolute Gasteiger partial charge is 0.280 e. The first-order chi connectivity index (χ1) is 20.9. The normalized spacial score (nSPS) is 20.0. The van der Waals surface area contributed by atoms with Crippen LogP contribution in [-0.4, -0.2) is 70.5 Å². The molecular formula is C30H35F2N7O3S. The fourth-order valence-electron chi connectivity index (χ4n) is 4.72. The Bertz CT molecular complexity index is 1450. The van der Waals surface area contributed by atoms with E-state index in [1.165, 1.54) is 50.2 Å². The number of amides is 2. The van der Waals surface area contributed by atoms with Crippen molar-refractivity contribution < 1.29 is 23.1 Å². The summed E-state index contributed by atoms with van der Waals surface area (Å²) >= 11 is 1.28. The standard InChI is InChI=1S/C28H29F2N7O3S.C2H6/c1-40-22-13-31-21(26(29)30)10-19(22)18-11-23(37-9-8-36(15-25(37)38)14-17-4-5-17)32-12-20(18)27(39)33-28-35-34-24(41-28)7-6-16-2-3-16;1-2/h10-13,16-17,24,26,34H,2-5,8-9,14-15H2,1H3,(H,33,35,39);1-2H3. The van der Waals surface area contributed by atoms with Gasteiger partial charge in [-0.1, -0.05) is 25.7 Å². The molecule has 6 rings (SSSR count). The minimum atomic E-state index is -2.83. The second kappa shape index (κ2) is 13.7. The molecule has 2 aromatic heterocycles. The Morgan fingerprint density at radius 2 is 1.93 bits per heavy atom. The molecule has 1 unspecified atom stereocenters. The zero-order valence-corrected chi connectivity index (χ0v) is 25.2. The van der Waals surface area contributed by atoms with E-state index in [1.807, 2.05) is 13.8 Å². The summed E-state index contributed by atoms with van der Waals surface area (Å²) in [6.07, 6.45) is 4.33. The van der Waals surface area contributed by atoms with Crippen molar-refractivity contribution in [1.29, 1.82) is 0 Å². The molecule has 13 heteroatoms. The SMILES string of the molecule is CC.COc1cnc(C(F)F)cc1-c1cc(N2CCN(CC3CC3)CC2=O)ncc1C(=O)NC1=NNC(C#CC2CC2)S1. The van der Waals surface area contributed by atoms with Gasteiger partial charge >= 0.3 is 0 Å². The maximum Gasteiger partial charge on any atom is 0.280 e. The van der Waals surface area contributed by atoms with Crippen LogP contribution in [0.2, 0.25) is 0 Å². The lowest BCUT2D eigenvalue weighted by atomic mass is 9.99. The Morgan fingerprint density at radius 1 is 1.14 bits per heavy atom. The van der Waals surface area contributed by atoms with E-state index < -0.39 is 18.0 Å². The first kappa shape index (κ1) is 30.7. The number of hydrogen-bond donors (Lipinski definition) is 2. The van der Waals surface area contributed by atoms with Crippen LogP contribution in [0.25, 0.3) is 11.1 Å². The molecule has 0 spiro atoms. The molecule has 2 saturated carbocycles. The molecule has 0 aromatic carbocycles. The van der Waals surface area contributed by atoms with E-state index in [9.17, 15) is 18.4 Å². The van der Waals surface area contributed by atoms with Gasteiger partial charge in [0, 0.05) is 42.9 Å². The number of hydrazone groups is 1. The number of ether oxygens (including phenoxy) is 1. The number of anilines is 1. The molecule has 10 nitrogen and oxygen atoms in total. The van der Waals surface area contributed by atoms with Crippen molar-refractivity contribution in [3.63, 3.8) is 0 Å². The van der Waals surface area contributed by atoms with Crippen LogP contribution >= 0.6 is 11.8 Å². The Kier molecular flexibility index (Phi) is 9.77. The molecule has 3 fully saturated rings. The predicted molar refractivity (Wildman–Crippen MR) is 162 cm³/mol. The van der Waals surface area contributed by atoms with Gasteiger partial charge in [0.1, 0.15) is 17.3 Å². The fourth-order valence-corrected chi connectivity index (χ4v) is 5.43. The van der Waals surface area contributed by atoms with Gasteiger partial charge in [-0.25, -0.2) is 13.8 Å². The third-order valence-electron chi connectivity index (χ3n) is 7.28. The van der Waals surface area contributed by atoms with Gasteiger partial charge in [-0.15, -0.1) is 0 Å². The van der Waals surface area contributed by atoms with Crippen molar-refractivity contribution >= 4 is 34.6 Å². The molecule has 0 bridgehead atoms. The molecule has 0 radical (unpaired) electrons. The van der Waals surface area contributed by atoms with E-state index in [-0.39, 0.29) is 40.3 Å². The van der Waals surface area contributed by atoms with E-state index in [0.717, 1.165) is 19.4 Å². The second-order valence-corrected chi connectivity index (χ2v) is 11.6. The molecule has 2 aliphatic carbocycles. The number of methoxy groups -OCH3 is 1. The molecule has 4 aliphatic rings. The zero-order chi connectivity index (χ0) is 30.5. The van der Waals surface area contributed by atoms with Gasteiger partial charge in [0.05, 0.1) is 25.4 Å². The lowest BCUT2D eigenvalue weighted by Crippen LogP contribution is -2.51. The lowest BCUT2D eigenvalue weighted by Gasteiger charge is -2.34. The van der Waals surface area contributed by atoms with Crippen LogP contribution in [0.4, 0.5) is 14.6 Å². The zero-order valence-electron chi connectivity index (χ0n) is 24.4. The van der Waals surface area contributed by atoms with Crippen molar-refractivity contribution in [3.8, 4) is 28.7 Å². The number of aromatic nitrogens is 2. The van der Waals surface area contributed by atoms with Crippen molar-refractivity contribution in [2.75, 3.05) is 38.2 Å². The van der Waals surface area contributed by atoms with Crippen LogP contribution in [0.5, 0.6) is 5.75 Å². The predicted octanol–water partition coefficient (Wildman–Crippen LogP) is 4.25. The van der Waals surface area contributed by atoms with E-state index in [4.69, 9.17) is 4.74 Å². The summed E-state index contributed by atoms with van der Waals surface area (Å²) < 4.78 is 32.7. The maximum absolute atomic E-state index is 13.6. The number of carbonyl (C=O) groups is 2. The van der Waals surface area contributed by atoms with Gasteiger partial charge in [0.25, 0.3) is 12.3 Å². The third kappa shape index (κ3) is 7.61. The number of amidine groups is 1. The minimum Gasteiger partial charge on any atom is -0.494 e. The van der Waals surface area contributed by atoms with Crippen molar-refractivity contribution in [3.05, 3.63) is 35.8 Å². The average Bonchev–Trinajstić information content (AvgIpc) is 3.96. The fraction of sp³-hybridized carbons (Fsp3) is 0.500. The van der Waals surface area contributed by atoms with Crippen LogP contribution in [0, 0.1) is 23.7 Å². The summed E-state index contributed by atoms with van der Waals surface area (Å²) in [6, 6.07) is 2.77. The number of carbonyl (C=O) groups excluding carboxylic acids is 2. The van der Waals surface area contributed by atoms with Gasteiger partial charge in [-0.05, 0) is 55.5 Å². The Balaban J connectivity index is 0.00000180. The number of halogens is 2. The molecule has 1 atom stereocenters. The van der Waals surface area contributed by atoms with E-state index in [1.54, 1.807) is 11.0 Å². The largest absolute Gasteiger partial charge is 0.494 e. The average molecular weight is 612 g/mol. The van der Waals surface area contributed by atoms with Gasteiger partial charge < -0.3 is 4.74 Å². The third-order valence-corrected chi connectivity index (χ3v) is 8.15. The lowest BCUT2D eigenvalue weighted by molar-refractivity contribution is -0.121. The second-order valence-electron chi connectivity index (χ2n) is 10.5. The Morgan fingerprint density at radius 3 is 2.60 bits per heavy atom. The van der Waals surface area contributed by atoms with Gasteiger partial charge in [-0.2, -0.15) is 5.10 Å². The van der Waals surface area contributed by atoms with Crippen LogP contribution in [-0.2, 0) is 4.79 Å². The van der Waals surface area contributed by atoms with Crippen LogP contribution in [0.1, 0.15) is 62.0 Å². The molecule has 2 amide bonds. The molecule has 228 valence electrons. The Hall–Kier alpha value is -3.76. The first-order valence-corrected chi connectivity index (χ1v) is 15.4. The number of rotatable bonds is 7. The number of alkyl halides is 2. The Labute approximate surface area is 254 Å². The highest BCUT2D eigenvalue weighted by atomic mass is 32.2. The highest BCUT2D eigenvalue weighted by Gasteiger charge is 2.32. The summed E-state index contributed by atoms with van der Waals surface area (Å²) in [6.45, 7) is 6.32. The number of hydrogen-bond acceptors (Lipinski definition) is 9.